The molecule has 0 aromatic heterocycles. The number of carbonyl (C=O) groups is 1. The van der Waals surface area contributed by atoms with Crippen LogP contribution in [0.25, 0.3) is 0 Å². The van der Waals surface area contributed by atoms with Crippen molar-refractivity contribution in [2.45, 2.75) is 20.3 Å². The minimum atomic E-state index is -0.329. The molecule has 0 aliphatic carbocycles. The van der Waals surface area contributed by atoms with Crippen LogP contribution < -0.4 is 0 Å². The second-order valence-corrected chi connectivity index (χ2v) is 1.50. The first-order valence-electron chi connectivity index (χ1n) is 3.08. The molecule has 0 heterocycles. The van der Waals surface area contributed by atoms with Crippen molar-refractivity contribution >= 4 is 5.97 Å². The predicted octanol–water partition coefficient (Wildman–Crippen LogP) is 1.08. The SMILES string of the molecule is C=COC(C)=O.CCCO. The summed E-state index contributed by atoms with van der Waals surface area (Å²) in [5, 5.41) is 7.88. The molecular formula is C7H14O3. The smallest absolute Gasteiger partial charge is 0.307 e. The lowest BCUT2D eigenvalue weighted by molar-refractivity contribution is -0.135. The fraction of sp³-hybridized carbons (Fsp3) is 0.571. The first-order chi connectivity index (χ1) is 4.68. The van der Waals surface area contributed by atoms with Gasteiger partial charge in [-0.25, -0.2) is 0 Å². The Bertz CT molecular complexity index is 86.9. The number of rotatable bonds is 2. The summed E-state index contributed by atoms with van der Waals surface area (Å²) < 4.78 is 4.17. The topological polar surface area (TPSA) is 46.5 Å². The molecule has 0 aliphatic heterocycles. The van der Waals surface area contributed by atoms with Crippen molar-refractivity contribution < 1.29 is 14.6 Å². The van der Waals surface area contributed by atoms with E-state index in [4.69, 9.17) is 5.11 Å². The Morgan fingerprint density at radius 2 is 2.20 bits per heavy atom. The average molecular weight is 146 g/mol. The first-order valence-corrected chi connectivity index (χ1v) is 3.08. The van der Waals surface area contributed by atoms with E-state index in [1.54, 1.807) is 0 Å². The first kappa shape index (κ1) is 11.9. The van der Waals surface area contributed by atoms with E-state index < -0.39 is 0 Å². The number of hydrogen-bond donors (Lipinski definition) is 1. The number of esters is 1. The molecule has 0 aromatic rings. The van der Waals surface area contributed by atoms with E-state index in [-0.39, 0.29) is 5.97 Å². The van der Waals surface area contributed by atoms with Crippen LogP contribution in [0.4, 0.5) is 0 Å². The Kier molecular flexibility index (Phi) is 13.1. The Labute approximate surface area is 61.3 Å². The summed E-state index contributed by atoms with van der Waals surface area (Å²) in [6.07, 6.45) is 1.97. The third-order valence-electron chi connectivity index (χ3n) is 0.473. The van der Waals surface area contributed by atoms with Gasteiger partial charge in [-0.1, -0.05) is 13.5 Å². The fourth-order valence-corrected chi connectivity index (χ4v) is 0.117. The molecule has 0 fully saturated rings. The van der Waals surface area contributed by atoms with Gasteiger partial charge in [0, 0.05) is 13.5 Å². The lowest BCUT2D eigenvalue weighted by atomic mass is 10.5. The monoisotopic (exact) mass is 146 g/mol. The standard InChI is InChI=1S/C4H6O2.C3H8O/c1-3-6-4(2)5;1-2-3-4/h3H,1H2,2H3;4H,2-3H2,1H3. The Balaban J connectivity index is 0. The van der Waals surface area contributed by atoms with Crippen molar-refractivity contribution in [1.82, 2.24) is 0 Å². The second kappa shape index (κ2) is 11.0. The van der Waals surface area contributed by atoms with Crippen molar-refractivity contribution in [3.63, 3.8) is 0 Å². The quantitative estimate of drug-likeness (QED) is 0.468. The van der Waals surface area contributed by atoms with Gasteiger partial charge in [-0.05, 0) is 6.42 Å². The maximum Gasteiger partial charge on any atom is 0.307 e. The molecule has 60 valence electrons. The van der Waals surface area contributed by atoms with Gasteiger partial charge in [0.15, 0.2) is 0 Å². The molecule has 0 saturated heterocycles. The van der Waals surface area contributed by atoms with Gasteiger partial charge in [0.25, 0.3) is 0 Å². The Hall–Kier alpha value is -0.830. The van der Waals surface area contributed by atoms with Gasteiger partial charge >= 0.3 is 5.97 Å². The molecule has 10 heavy (non-hydrogen) atoms. The van der Waals surface area contributed by atoms with Gasteiger partial charge in [0.05, 0.1) is 6.26 Å². The zero-order valence-electron chi connectivity index (χ0n) is 6.46. The van der Waals surface area contributed by atoms with Gasteiger partial charge in [0.2, 0.25) is 0 Å². The van der Waals surface area contributed by atoms with E-state index in [1.165, 1.54) is 6.92 Å². The number of aliphatic hydroxyl groups is 1. The molecule has 0 amide bonds. The molecule has 0 radical (unpaired) electrons. The van der Waals surface area contributed by atoms with Crippen molar-refractivity contribution in [2.24, 2.45) is 0 Å². The second-order valence-electron chi connectivity index (χ2n) is 1.50. The molecule has 1 N–H and O–H groups in total. The summed E-state index contributed by atoms with van der Waals surface area (Å²) in [6, 6.07) is 0. The van der Waals surface area contributed by atoms with Crippen molar-refractivity contribution in [3.05, 3.63) is 12.8 Å². The summed E-state index contributed by atoms with van der Waals surface area (Å²) in [7, 11) is 0. The van der Waals surface area contributed by atoms with Gasteiger partial charge < -0.3 is 9.84 Å². The molecule has 0 unspecified atom stereocenters. The summed E-state index contributed by atoms with van der Waals surface area (Å²) in [4.78, 5) is 9.75. The molecule has 0 spiro atoms. The Morgan fingerprint density at radius 1 is 1.80 bits per heavy atom. The molecule has 0 rings (SSSR count). The van der Waals surface area contributed by atoms with Crippen LogP contribution in [0.1, 0.15) is 20.3 Å². The van der Waals surface area contributed by atoms with Gasteiger partial charge in [0.1, 0.15) is 0 Å². The maximum atomic E-state index is 9.75. The maximum absolute atomic E-state index is 9.75. The van der Waals surface area contributed by atoms with Crippen LogP contribution in [0.5, 0.6) is 0 Å². The zero-order valence-corrected chi connectivity index (χ0v) is 6.46. The minimum Gasteiger partial charge on any atom is -0.435 e. The molecule has 3 nitrogen and oxygen atoms in total. The molecule has 0 saturated carbocycles. The molecule has 3 heteroatoms. The highest BCUT2D eigenvalue weighted by atomic mass is 16.5. The third-order valence-corrected chi connectivity index (χ3v) is 0.473. The van der Waals surface area contributed by atoms with Crippen LogP contribution >= 0.6 is 0 Å². The van der Waals surface area contributed by atoms with Gasteiger partial charge in [-0.2, -0.15) is 0 Å². The average Bonchev–Trinajstić information content (AvgIpc) is 1.89. The van der Waals surface area contributed by atoms with Crippen molar-refractivity contribution in [3.8, 4) is 0 Å². The lowest BCUT2D eigenvalue weighted by Crippen LogP contribution is -1.87. The molecular weight excluding hydrogens is 132 g/mol. The number of carbonyl (C=O) groups excluding carboxylic acids is 1. The highest BCUT2D eigenvalue weighted by Crippen LogP contribution is 1.70. The van der Waals surface area contributed by atoms with Crippen LogP contribution in [0.3, 0.4) is 0 Å². The van der Waals surface area contributed by atoms with E-state index in [0.717, 1.165) is 12.7 Å². The summed E-state index contributed by atoms with van der Waals surface area (Å²) in [5.74, 6) is -0.329. The fourth-order valence-electron chi connectivity index (χ4n) is 0.117. The number of aliphatic hydroxyl groups excluding tert-OH is 1. The normalized spacial score (nSPS) is 7.10. The highest BCUT2D eigenvalue weighted by molar-refractivity contribution is 5.66. The largest absolute Gasteiger partial charge is 0.435 e. The van der Waals surface area contributed by atoms with Gasteiger partial charge in [-0.3, -0.25) is 4.79 Å². The van der Waals surface area contributed by atoms with Crippen LogP contribution in [0, 0.1) is 0 Å². The molecule has 0 atom stereocenters. The van der Waals surface area contributed by atoms with Crippen LogP contribution in [-0.4, -0.2) is 17.7 Å². The Morgan fingerprint density at radius 3 is 2.20 bits per heavy atom. The molecule has 0 bridgehead atoms. The van der Waals surface area contributed by atoms with Gasteiger partial charge in [-0.15, -0.1) is 0 Å². The van der Waals surface area contributed by atoms with Crippen LogP contribution in [-0.2, 0) is 9.53 Å². The number of hydrogen-bond acceptors (Lipinski definition) is 3. The lowest BCUT2D eigenvalue weighted by Gasteiger charge is -1.83. The van der Waals surface area contributed by atoms with Crippen molar-refractivity contribution in [1.29, 1.82) is 0 Å². The predicted molar refractivity (Wildman–Crippen MR) is 39.3 cm³/mol. The molecule has 0 aliphatic rings. The molecule has 0 aromatic carbocycles. The van der Waals surface area contributed by atoms with E-state index in [9.17, 15) is 4.79 Å². The third kappa shape index (κ3) is 27.2. The zero-order chi connectivity index (χ0) is 8.41. The van der Waals surface area contributed by atoms with Crippen molar-refractivity contribution in [2.75, 3.05) is 6.61 Å². The minimum absolute atomic E-state index is 0.319. The van der Waals surface area contributed by atoms with E-state index >= 15 is 0 Å². The van der Waals surface area contributed by atoms with Crippen LogP contribution in [0.2, 0.25) is 0 Å². The number of ether oxygens (including phenoxy) is 1. The summed E-state index contributed by atoms with van der Waals surface area (Å²) in [6.45, 7) is 6.73. The van der Waals surface area contributed by atoms with E-state index in [2.05, 4.69) is 11.3 Å². The summed E-state index contributed by atoms with van der Waals surface area (Å²) in [5.41, 5.74) is 0. The van der Waals surface area contributed by atoms with E-state index in [0.29, 0.717) is 6.61 Å². The van der Waals surface area contributed by atoms with Crippen LogP contribution in [0.15, 0.2) is 12.8 Å². The van der Waals surface area contributed by atoms with E-state index in [1.807, 2.05) is 6.92 Å². The highest BCUT2D eigenvalue weighted by Gasteiger charge is 1.79. The summed E-state index contributed by atoms with van der Waals surface area (Å²) >= 11 is 0.